The van der Waals surface area contributed by atoms with E-state index in [0.29, 0.717) is 0 Å². The Bertz CT molecular complexity index is 329. The lowest BCUT2D eigenvalue weighted by molar-refractivity contribution is 0.0686. The van der Waals surface area contributed by atoms with Crippen molar-refractivity contribution in [1.82, 2.24) is 0 Å². The summed E-state index contributed by atoms with van der Waals surface area (Å²) < 4.78 is 25.7. The van der Waals surface area contributed by atoms with Gasteiger partial charge in [0, 0.05) is 5.88 Å². The van der Waals surface area contributed by atoms with Crippen LogP contribution in [0.2, 0.25) is 0 Å². The van der Waals surface area contributed by atoms with Crippen LogP contribution < -0.4 is 0 Å². The van der Waals surface area contributed by atoms with Gasteiger partial charge in [-0.1, -0.05) is 0 Å². The number of carboxylic acids is 1. The summed E-state index contributed by atoms with van der Waals surface area (Å²) in [5.41, 5.74) is -0.740. The summed E-state index contributed by atoms with van der Waals surface area (Å²) in [4.78, 5) is 10.3. The molecule has 1 aromatic carbocycles. The van der Waals surface area contributed by atoms with E-state index in [1.54, 1.807) is 0 Å². The molecule has 0 aliphatic heterocycles. The number of benzene rings is 1. The van der Waals surface area contributed by atoms with Gasteiger partial charge in [-0.2, -0.15) is 0 Å². The summed E-state index contributed by atoms with van der Waals surface area (Å²) in [6.45, 7) is 0. The molecule has 0 atom stereocenters. The average Bonchev–Trinajstić information content (AvgIpc) is 2.02. The Hall–Kier alpha value is -1.16. The quantitative estimate of drug-likeness (QED) is 0.755. The molecule has 0 radical (unpaired) electrons. The molecule has 0 heterocycles. The van der Waals surface area contributed by atoms with E-state index >= 15 is 0 Å². The first-order chi connectivity index (χ1) is 6.06. The molecule has 0 saturated heterocycles. The topological polar surface area (TPSA) is 37.3 Å². The zero-order chi connectivity index (χ0) is 10.0. The normalized spacial score (nSPS) is 10.1. The highest BCUT2D eigenvalue weighted by atomic mass is 35.5. The third-order valence-electron chi connectivity index (χ3n) is 1.47. The monoisotopic (exact) mass is 206 g/mol. The van der Waals surface area contributed by atoms with E-state index in [2.05, 4.69) is 0 Å². The van der Waals surface area contributed by atoms with Crippen molar-refractivity contribution in [2.24, 2.45) is 0 Å². The molecule has 0 amide bonds. The molecule has 1 rings (SSSR count). The Kier molecular flexibility index (Phi) is 2.83. The van der Waals surface area contributed by atoms with E-state index in [-0.39, 0.29) is 11.4 Å². The fourth-order valence-corrected chi connectivity index (χ4v) is 1.06. The predicted molar refractivity (Wildman–Crippen MR) is 42.9 cm³/mol. The van der Waals surface area contributed by atoms with Crippen LogP contribution >= 0.6 is 11.6 Å². The molecule has 0 saturated carbocycles. The lowest BCUT2D eigenvalue weighted by Crippen LogP contribution is -2.05. The van der Waals surface area contributed by atoms with E-state index in [4.69, 9.17) is 16.7 Å². The molecule has 70 valence electrons. The van der Waals surface area contributed by atoms with Crippen LogP contribution in [0.25, 0.3) is 0 Å². The van der Waals surface area contributed by atoms with Crippen LogP contribution in [-0.4, -0.2) is 11.1 Å². The lowest BCUT2D eigenvalue weighted by Gasteiger charge is -2.01. The molecule has 1 aromatic rings. The van der Waals surface area contributed by atoms with Crippen molar-refractivity contribution < 1.29 is 18.7 Å². The van der Waals surface area contributed by atoms with Crippen LogP contribution in [0.4, 0.5) is 8.78 Å². The van der Waals surface area contributed by atoms with Gasteiger partial charge in [0.25, 0.3) is 0 Å². The first-order valence-corrected chi connectivity index (χ1v) is 3.87. The third kappa shape index (κ3) is 1.95. The fourth-order valence-electron chi connectivity index (χ4n) is 0.907. The van der Waals surface area contributed by atoms with Crippen molar-refractivity contribution >= 4 is 17.6 Å². The van der Waals surface area contributed by atoms with Crippen molar-refractivity contribution in [3.8, 4) is 0 Å². The summed E-state index contributed by atoms with van der Waals surface area (Å²) in [5, 5.41) is 8.40. The molecule has 5 heteroatoms. The molecule has 0 spiro atoms. The Morgan fingerprint density at radius 3 is 2.15 bits per heavy atom. The minimum absolute atomic E-state index is 0.0618. The fraction of sp³-hybridized carbons (Fsp3) is 0.125. The zero-order valence-corrected chi connectivity index (χ0v) is 7.11. The van der Waals surface area contributed by atoms with E-state index in [9.17, 15) is 13.6 Å². The van der Waals surface area contributed by atoms with Crippen LogP contribution in [0.1, 0.15) is 15.9 Å². The SMILES string of the molecule is O=C(O)c1c(F)cc(CCl)cc1F. The number of carboxylic acid groups (broad SMARTS) is 1. The van der Waals surface area contributed by atoms with Crippen LogP contribution in [0, 0.1) is 11.6 Å². The van der Waals surface area contributed by atoms with Crippen LogP contribution in [-0.2, 0) is 5.88 Å². The molecule has 1 N–H and O–H groups in total. The molecule has 0 aliphatic rings. The Labute approximate surface area is 77.8 Å². The number of aromatic carboxylic acids is 1. The summed E-state index contributed by atoms with van der Waals surface area (Å²) in [5.74, 6) is -3.91. The van der Waals surface area contributed by atoms with Crippen LogP contribution in [0.15, 0.2) is 12.1 Å². The molecule has 0 aliphatic carbocycles. The second kappa shape index (κ2) is 3.70. The van der Waals surface area contributed by atoms with Crippen molar-refractivity contribution in [1.29, 1.82) is 0 Å². The van der Waals surface area contributed by atoms with Crippen LogP contribution in [0.3, 0.4) is 0 Å². The van der Waals surface area contributed by atoms with E-state index < -0.39 is 23.2 Å². The summed E-state index contributed by atoms with van der Waals surface area (Å²) >= 11 is 5.32. The highest BCUT2D eigenvalue weighted by molar-refractivity contribution is 6.17. The number of hydrogen-bond acceptors (Lipinski definition) is 1. The molecule has 13 heavy (non-hydrogen) atoms. The molecular weight excluding hydrogens is 202 g/mol. The largest absolute Gasteiger partial charge is 0.477 e. The summed E-state index contributed by atoms with van der Waals surface area (Å²) in [7, 11) is 0. The van der Waals surface area contributed by atoms with Gasteiger partial charge in [0.2, 0.25) is 0 Å². The number of carbonyl (C=O) groups is 1. The summed E-state index contributed by atoms with van der Waals surface area (Å²) in [6.07, 6.45) is 0. The summed E-state index contributed by atoms with van der Waals surface area (Å²) in [6, 6.07) is 1.80. The molecule has 0 bridgehead atoms. The van der Waals surface area contributed by atoms with Gasteiger partial charge in [0.1, 0.15) is 17.2 Å². The highest BCUT2D eigenvalue weighted by Crippen LogP contribution is 2.16. The molecule has 0 fully saturated rings. The minimum Gasteiger partial charge on any atom is -0.477 e. The Morgan fingerprint density at radius 1 is 1.38 bits per heavy atom. The molecule has 2 nitrogen and oxygen atoms in total. The van der Waals surface area contributed by atoms with Gasteiger partial charge in [-0.25, -0.2) is 13.6 Å². The smallest absolute Gasteiger partial charge is 0.341 e. The van der Waals surface area contributed by atoms with Crippen molar-refractivity contribution in [2.45, 2.75) is 5.88 Å². The standard InChI is InChI=1S/C8H5ClF2O2/c9-3-4-1-5(10)7(8(12)13)6(11)2-4/h1-2H,3H2,(H,12,13). The van der Waals surface area contributed by atoms with Gasteiger partial charge in [-0.3, -0.25) is 0 Å². The van der Waals surface area contributed by atoms with E-state index in [1.165, 1.54) is 0 Å². The maximum Gasteiger partial charge on any atom is 0.341 e. The molecule has 0 aromatic heterocycles. The average molecular weight is 207 g/mol. The first-order valence-electron chi connectivity index (χ1n) is 3.33. The molecular formula is C8H5ClF2O2. The van der Waals surface area contributed by atoms with Crippen molar-refractivity contribution in [3.05, 3.63) is 34.9 Å². The van der Waals surface area contributed by atoms with E-state index in [1.807, 2.05) is 0 Å². The van der Waals surface area contributed by atoms with Crippen molar-refractivity contribution in [2.75, 3.05) is 0 Å². The third-order valence-corrected chi connectivity index (χ3v) is 1.78. The Balaban J connectivity index is 3.31. The number of alkyl halides is 1. The second-order valence-corrected chi connectivity index (χ2v) is 2.64. The maximum atomic E-state index is 12.9. The number of hydrogen-bond donors (Lipinski definition) is 1. The van der Waals surface area contributed by atoms with Gasteiger partial charge < -0.3 is 5.11 Å². The molecule has 0 unspecified atom stereocenters. The van der Waals surface area contributed by atoms with Crippen LogP contribution in [0.5, 0.6) is 0 Å². The zero-order valence-electron chi connectivity index (χ0n) is 6.35. The van der Waals surface area contributed by atoms with E-state index in [0.717, 1.165) is 12.1 Å². The number of rotatable bonds is 2. The van der Waals surface area contributed by atoms with Gasteiger partial charge >= 0.3 is 5.97 Å². The van der Waals surface area contributed by atoms with Gasteiger partial charge in [0.05, 0.1) is 0 Å². The van der Waals surface area contributed by atoms with Crippen molar-refractivity contribution in [3.63, 3.8) is 0 Å². The second-order valence-electron chi connectivity index (χ2n) is 2.37. The van der Waals surface area contributed by atoms with Gasteiger partial charge in [-0.05, 0) is 17.7 Å². The predicted octanol–water partition coefficient (Wildman–Crippen LogP) is 2.40. The maximum absolute atomic E-state index is 12.9. The first kappa shape index (κ1) is 9.92. The Morgan fingerprint density at radius 2 is 1.85 bits per heavy atom. The lowest BCUT2D eigenvalue weighted by atomic mass is 10.1. The highest BCUT2D eigenvalue weighted by Gasteiger charge is 2.17. The number of halogens is 3. The van der Waals surface area contributed by atoms with Gasteiger partial charge in [-0.15, -0.1) is 11.6 Å². The minimum atomic E-state index is -1.63. The van der Waals surface area contributed by atoms with Gasteiger partial charge in [0.15, 0.2) is 0 Å².